The third-order valence-corrected chi connectivity index (χ3v) is 7.77. The van der Waals surface area contributed by atoms with E-state index in [9.17, 15) is 9.59 Å². The van der Waals surface area contributed by atoms with E-state index in [1.807, 2.05) is 44.2 Å². The summed E-state index contributed by atoms with van der Waals surface area (Å²) in [5, 5.41) is 21.3. The van der Waals surface area contributed by atoms with Crippen molar-refractivity contribution < 1.29 is 19.4 Å². The van der Waals surface area contributed by atoms with Crippen LogP contribution >= 0.6 is 0 Å². The van der Waals surface area contributed by atoms with Crippen molar-refractivity contribution in [3.05, 3.63) is 83.1 Å². The fourth-order valence-corrected chi connectivity index (χ4v) is 5.28. The van der Waals surface area contributed by atoms with E-state index in [1.165, 1.54) is 0 Å². The molecule has 0 unspecified atom stereocenters. The van der Waals surface area contributed by atoms with Gasteiger partial charge in [0.15, 0.2) is 0 Å². The quantitative estimate of drug-likeness (QED) is 0.142. The van der Waals surface area contributed by atoms with Crippen LogP contribution in [0.1, 0.15) is 45.7 Å². The first-order chi connectivity index (χ1) is 21.9. The normalized spacial score (nSPS) is 14.3. The van der Waals surface area contributed by atoms with Gasteiger partial charge in [-0.1, -0.05) is 18.2 Å². The molecule has 0 aliphatic carbocycles. The molecule has 0 saturated carbocycles. The van der Waals surface area contributed by atoms with E-state index in [-0.39, 0.29) is 24.5 Å². The number of carbonyl (C=O) groups excluding carboxylic acids is 2. The highest BCUT2D eigenvalue weighted by Gasteiger charge is 2.21. The van der Waals surface area contributed by atoms with E-state index in [0.29, 0.717) is 61.2 Å². The molecular formula is C33H38N8O4. The van der Waals surface area contributed by atoms with E-state index in [2.05, 4.69) is 31.2 Å². The zero-order valence-corrected chi connectivity index (χ0v) is 25.7. The van der Waals surface area contributed by atoms with Gasteiger partial charge in [0, 0.05) is 67.8 Å². The summed E-state index contributed by atoms with van der Waals surface area (Å²) in [4.78, 5) is 42.9. The largest absolute Gasteiger partial charge is 0.480 e. The molecule has 12 nitrogen and oxygen atoms in total. The molecule has 0 radical (unpaired) electrons. The van der Waals surface area contributed by atoms with Crippen LogP contribution in [0, 0.1) is 13.8 Å². The van der Waals surface area contributed by atoms with Crippen molar-refractivity contribution in [3.63, 3.8) is 0 Å². The molecule has 5 N–H and O–H groups in total. The molecule has 1 atom stereocenters. The van der Waals surface area contributed by atoms with Crippen LogP contribution in [0.4, 0.5) is 5.69 Å². The lowest BCUT2D eigenvalue weighted by Crippen LogP contribution is -2.35. The van der Waals surface area contributed by atoms with Gasteiger partial charge in [0.05, 0.1) is 31.3 Å². The van der Waals surface area contributed by atoms with Crippen molar-refractivity contribution >= 4 is 17.5 Å². The predicted octanol–water partition coefficient (Wildman–Crippen LogP) is 2.93. The summed E-state index contributed by atoms with van der Waals surface area (Å²) in [5.41, 5.74) is 7.52. The Labute approximate surface area is 262 Å². The number of hydrogen-bond donors (Lipinski definition) is 5. The van der Waals surface area contributed by atoms with Crippen molar-refractivity contribution in [1.82, 2.24) is 35.9 Å². The smallest absolute Gasteiger partial charge is 0.274 e. The molecule has 234 valence electrons. The van der Waals surface area contributed by atoms with E-state index in [4.69, 9.17) is 19.8 Å². The number of nitrogens with one attached hydrogen (secondary N) is 4. The lowest BCUT2D eigenvalue weighted by Gasteiger charge is -2.16. The number of nitrogens with zero attached hydrogens (tertiary/aromatic N) is 4. The minimum atomic E-state index is -0.312. The number of aliphatic hydroxyl groups excluding tert-OH is 1. The Morgan fingerprint density at radius 2 is 1.89 bits per heavy atom. The second-order valence-corrected chi connectivity index (χ2v) is 10.9. The number of aliphatic hydroxyl groups is 1. The Morgan fingerprint density at radius 3 is 2.62 bits per heavy atom. The molecule has 0 spiro atoms. The number of rotatable bonds is 13. The van der Waals surface area contributed by atoms with Crippen LogP contribution in [0.25, 0.3) is 22.5 Å². The maximum Gasteiger partial charge on any atom is 0.274 e. The Morgan fingerprint density at radius 1 is 1.02 bits per heavy atom. The number of hydrogen-bond acceptors (Lipinski definition) is 10. The van der Waals surface area contributed by atoms with Gasteiger partial charge in [-0.3, -0.25) is 24.5 Å². The minimum Gasteiger partial charge on any atom is -0.480 e. The third-order valence-electron chi connectivity index (χ3n) is 7.77. The molecule has 1 aliphatic rings. The number of methoxy groups -OCH3 is 1. The Hall–Kier alpha value is -4.78. The van der Waals surface area contributed by atoms with Crippen LogP contribution in [-0.4, -0.2) is 69.7 Å². The lowest BCUT2D eigenvalue weighted by molar-refractivity contribution is -0.119. The van der Waals surface area contributed by atoms with Gasteiger partial charge in [-0.05, 0) is 55.2 Å². The fourth-order valence-electron chi connectivity index (χ4n) is 5.28. The van der Waals surface area contributed by atoms with E-state index < -0.39 is 0 Å². The van der Waals surface area contributed by atoms with Gasteiger partial charge in [0.2, 0.25) is 11.8 Å². The first kappa shape index (κ1) is 31.6. The van der Waals surface area contributed by atoms with Gasteiger partial charge in [-0.2, -0.15) is 0 Å². The first-order valence-corrected chi connectivity index (χ1v) is 14.9. The predicted molar refractivity (Wildman–Crippen MR) is 171 cm³/mol. The molecule has 1 saturated heterocycles. The number of anilines is 1. The highest BCUT2D eigenvalue weighted by Crippen LogP contribution is 2.34. The standard InChI is InChI=1S/C33H38N8O4/c1-20-25(5-4-6-26(20)40-32(44)27-9-7-22(16-37-27)15-34-13-14-42)31-21(2)24(11-12-36-31)28-19-38-29(33(41-28)45-3)18-35-17-23-8-10-30(43)39-23/h4-7,9,11-12,16,19,23,34-35,42H,8,10,13-15,17-18H2,1-3H3,(H,39,43)(H,40,44)/t23-/m1/s1. The zero-order valence-electron chi connectivity index (χ0n) is 25.7. The van der Waals surface area contributed by atoms with E-state index in [0.717, 1.165) is 39.9 Å². The molecular weight excluding hydrogens is 572 g/mol. The lowest BCUT2D eigenvalue weighted by atomic mass is 9.96. The zero-order chi connectivity index (χ0) is 31.8. The summed E-state index contributed by atoms with van der Waals surface area (Å²) in [6.07, 6.45) is 6.51. The molecule has 3 aromatic heterocycles. The number of carbonyl (C=O) groups is 2. The molecule has 45 heavy (non-hydrogen) atoms. The molecule has 0 bridgehead atoms. The van der Waals surface area contributed by atoms with Crippen LogP contribution in [0.3, 0.4) is 0 Å². The Bertz CT molecular complexity index is 1660. The molecule has 4 aromatic rings. The molecule has 2 amide bonds. The summed E-state index contributed by atoms with van der Waals surface area (Å²) in [6, 6.07) is 11.3. The molecule has 1 aliphatic heterocycles. The highest BCUT2D eigenvalue weighted by molar-refractivity contribution is 6.03. The summed E-state index contributed by atoms with van der Waals surface area (Å²) in [5.74, 6) is 0.205. The molecule has 5 rings (SSSR count). The van der Waals surface area contributed by atoms with E-state index >= 15 is 0 Å². The minimum absolute atomic E-state index is 0.0599. The van der Waals surface area contributed by atoms with Crippen LogP contribution in [0.2, 0.25) is 0 Å². The van der Waals surface area contributed by atoms with Gasteiger partial charge in [-0.25, -0.2) is 4.98 Å². The average molecular weight is 611 g/mol. The number of ether oxygens (including phenoxy) is 1. The molecule has 4 heterocycles. The number of benzene rings is 1. The van der Waals surface area contributed by atoms with Crippen LogP contribution in [-0.2, 0) is 17.9 Å². The second-order valence-electron chi connectivity index (χ2n) is 10.9. The van der Waals surface area contributed by atoms with Crippen molar-refractivity contribution in [2.75, 3.05) is 32.1 Å². The molecule has 1 aromatic carbocycles. The van der Waals surface area contributed by atoms with Crippen LogP contribution in [0.15, 0.2) is 55.0 Å². The monoisotopic (exact) mass is 610 g/mol. The van der Waals surface area contributed by atoms with Gasteiger partial charge in [0.1, 0.15) is 11.4 Å². The fraction of sp³-hybridized carbons (Fsp3) is 0.333. The maximum absolute atomic E-state index is 13.0. The average Bonchev–Trinajstić information content (AvgIpc) is 3.47. The number of amides is 2. The van der Waals surface area contributed by atoms with Gasteiger partial charge in [-0.15, -0.1) is 0 Å². The van der Waals surface area contributed by atoms with Crippen molar-refractivity contribution in [2.45, 2.75) is 45.8 Å². The Kier molecular flexibility index (Phi) is 10.4. The maximum atomic E-state index is 13.0. The van der Waals surface area contributed by atoms with E-state index in [1.54, 1.807) is 31.8 Å². The van der Waals surface area contributed by atoms with Crippen molar-refractivity contribution in [3.8, 4) is 28.4 Å². The number of aromatic nitrogens is 4. The summed E-state index contributed by atoms with van der Waals surface area (Å²) in [6.45, 7) is 6.16. The van der Waals surface area contributed by atoms with Crippen LogP contribution < -0.4 is 26.0 Å². The first-order valence-electron chi connectivity index (χ1n) is 14.9. The van der Waals surface area contributed by atoms with Gasteiger partial charge in [0.25, 0.3) is 5.91 Å². The van der Waals surface area contributed by atoms with Gasteiger partial charge >= 0.3 is 0 Å². The van der Waals surface area contributed by atoms with Crippen molar-refractivity contribution in [2.24, 2.45) is 0 Å². The Balaban J connectivity index is 1.32. The van der Waals surface area contributed by atoms with Crippen LogP contribution in [0.5, 0.6) is 5.88 Å². The van der Waals surface area contributed by atoms with Gasteiger partial charge < -0.3 is 31.1 Å². The number of pyridine rings is 2. The third kappa shape index (κ3) is 7.66. The SMILES string of the molecule is COc1nc(-c2ccnc(-c3cccc(NC(=O)c4ccc(CNCCO)cn4)c3C)c2C)cnc1CNC[C@H]1CCC(=O)N1. The second kappa shape index (κ2) is 14.8. The molecule has 12 heteroatoms. The summed E-state index contributed by atoms with van der Waals surface area (Å²) >= 11 is 0. The topological polar surface area (TPSA) is 163 Å². The summed E-state index contributed by atoms with van der Waals surface area (Å²) in [7, 11) is 1.57. The highest BCUT2D eigenvalue weighted by atomic mass is 16.5. The molecule has 1 fully saturated rings. The summed E-state index contributed by atoms with van der Waals surface area (Å²) < 4.78 is 5.58. The van der Waals surface area contributed by atoms with Crippen molar-refractivity contribution in [1.29, 1.82) is 0 Å².